The maximum atomic E-state index is 12.5. The second-order valence-corrected chi connectivity index (χ2v) is 6.96. The highest BCUT2D eigenvalue weighted by Crippen LogP contribution is 2.27. The van der Waals surface area contributed by atoms with Gasteiger partial charge in [0.15, 0.2) is 17.0 Å². The molecule has 0 spiro atoms. The summed E-state index contributed by atoms with van der Waals surface area (Å²) in [5, 5.41) is 7.31. The van der Waals surface area contributed by atoms with E-state index in [1.807, 2.05) is 12.1 Å². The Bertz CT molecular complexity index is 984. The van der Waals surface area contributed by atoms with E-state index in [1.165, 1.54) is 6.07 Å². The van der Waals surface area contributed by atoms with Crippen LogP contribution < -0.4 is 14.2 Å². The Hall–Kier alpha value is -2.65. The number of hydrogen-bond acceptors (Lipinski definition) is 7. The summed E-state index contributed by atoms with van der Waals surface area (Å²) in [7, 11) is -0.611. The quantitative estimate of drug-likeness (QED) is 0.682. The second kappa shape index (κ2) is 7.08. The number of benzene rings is 2. The Morgan fingerprint density at radius 1 is 1.08 bits per heavy atom. The van der Waals surface area contributed by atoms with Gasteiger partial charge in [-0.2, -0.15) is 0 Å². The fourth-order valence-electron chi connectivity index (χ4n) is 2.44. The predicted molar refractivity (Wildman–Crippen MR) is 90.2 cm³/mol. The van der Waals surface area contributed by atoms with Crippen LogP contribution in [0.1, 0.15) is 5.56 Å². The number of methoxy groups -OCH3 is 2. The first-order valence-electron chi connectivity index (χ1n) is 7.47. The summed E-state index contributed by atoms with van der Waals surface area (Å²) in [5.41, 5.74) is 1.52. The first-order chi connectivity index (χ1) is 12.0. The minimum atomic E-state index is -3.72. The van der Waals surface area contributed by atoms with Crippen LogP contribution in [0.3, 0.4) is 0 Å². The van der Waals surface area contributed by atoms with E-state index in [4.69, 9.17) is 9.47 Å². The highest BCUT2D eigenvalue weighted by atomic mass is 32.2. The fourth-order valence-corrected chi connectivity index (χ4v) is 3.62. The van der Waals surface area contributed by atoms with Crippen molar-refractivity contribution in [2.24, 2.45) is 0 Å². The van der Waals surface area contributed by atoms with Crippen LogP contribution in [0.25, 0.3) is 11.0 Å². The fraction of sp³-hybridized carbons (Fsp3) is 0.250. The molecular formula is C16H17N3O5S. The molecule has 0 amide bonds. The molecule has 0 saturated heterocycles. The summed E-state index contributed by atoms with van der Waals surface area (Å²) in [6.07, 6.45) is 0.493. The number of nitrogens with zero attached hydrogens (tertiary/aromatic N) is 2. The van der Waals surface area contributed by atoms with Crippen molar-refractivity contribution in [1.82, 2.24) is 15.0 Å². The molecule has 132 valence electrons. The number of ether oxygens (including phenoxy) is 2. The van der Waals surface area contributed by atoms with Crippen LogP contribution >= 0.6 is 0 Å². The van der Waals surface area contributed by atoms with Gasteiger partial charge < -0.3 is 9.47 Å². The van der Waals surface area contributed by atoms with Crippen LogP contribution in [0.4, 0.5) is 0 Å². The van der Waals surface area contributed by atoms with Gasteiger partial charge in [-0.3, -0.25) is 0 Å². The van der Waals surface area contributed by atoms with E-state index in [0.717, 1.165) is 5.56 Å². The minimum Gasteiger partial charge on any atom is -0.493 e. The Balaban J connectivity index is 1.72. The van der Waals surface area contributed by atoms with Gasteiger partial charge in [0.1, 0.15) is 10.4 Å². The monoisotopic (exact) mass is 363 g/mol. The SMILES string of the molecule is COc1ccc(CCNS(=O)(=O)c2cccc3nonc23)cc1OC. The van der Waals surface area contributed by atoms with Gasteiger partial charge in [0.05, 0.1) is 14.2 Å². The molecule has 0 radical (unpaired) electrons. The third-order valence-corrected chi connectivity index (χ3v) is 5.18. The summed E-state index contributed by atoms with van der Waals surface area (Å²) >= 11 is 0. The molecule has 0 fully saturated rings. The smallest absolute Gasteiger partial charge is 0.242 e. The Kier molecular flexibility index (Phi) is 4.86. The molecule has 9 heteroatoms. The normalized spacial score (nSPS) is 11.6. The van der Waals surface area contributed by atoms with Crippen molar-refractivity contribution in [1.29, 1.82) is 0 Å². The molecule has 0 unspecified atom stereocenters. The Morgan fingerprint density at radius 3 is 2.64 bits per heavy atom. The van der Waals surface area contributed by atoms with Crippen LogP contribution in [0.5, 0.6) is 11.5 Å². The van der Waals surface area contributed by atoms with Crippen molar-refractivity contribution in [2.75, 3.05) is 20.8 Å². The molecule has 3 aromatic rings. The van der Waals surface area contributed by atoms with Crippen molar-refractivity contribution >= 4 is 21.1 Å². The van der Waals surface area contributed by atoms with E-state index in [2.05, 4.69) is 19.7 Å². The van der Waals surface area contributed by atoms with Gasteiger partial charge in [0.2, 0.25) is 10.0 Å². The van der Waals surface area contributed by atoms with Crippen molar-refractivity contribution in [3.63, 3.8) is 0 Å². The van der Waals surface area contributed by atoms with Crippen LogP contribution in [-0.4, -0.2) is 39.5 Å². The zero-order valence-electron chi connectivity index (χ0n) is 13.7. The minimum absolute atomic E-state index is 0.0403. The molecule has 1 N–H and O–H groups in total. The molecule has 0 saturated carbocycles. The first-order valence-corrected chi connectivity index (χ1v) is 8.95. The van der Waals surface area contributed by atoms with E-state index < -0.39 is 10.0 Å². The number of sulfonamides is 1. The largest absolute Gasteiger partial charge is 0.493 e. The third-order valence-electron chi connectivity index (χ3n) is 3.69. The molecule has 8 nitrogen and oxygen atoms in total. The summed E-state index contributed by atoms with van der Waals surface area (Å²) in [6, 6.07) is 10.1. The van der Waals surface area contributed by atoms with Crippen LogP contribution in [0.2, 0.25) is 0 Å². The van der Waals surface area contributed by atoms with Gasteiger partial charge in [-0.25, -0.2) is 17.8 Å². The maximum absolute atomic E-state index is 12.5. The van der Waals surface area contributed by atoms with Crippen molar-refractivity contribution < 1.29 is 22.5 Å². The molecule has 0 aliphatic rings. The predicted octanol–water partition coefficient (Wildman–Crippen LogP) is 1.76. The standard InChI is InChI=1S/C16H17N3O5S/c1-22-13-7-6-11(10-14(13)23-2)8-9-17-25(20,21)15-5-3-4-12-16(15)19-24-18-12/h3-7,10,17H,8-9H2,1-2H3. The van der Waals surface area contributed by atoms with Gasteiger partial charge in [0.25, 0.3) is 0 Å². The molecule has 0 aliphatic carbocycles. The first kappa shape index (κ1) is 17.2. The molecule has 1 aromatic heterocycles. The van der Waals surface area contributed by atoms with Crippen molar-refractivity contribution in [3.05, 3.63) is 42.0 Å². The van der Waals surface area contributed by atoms with Crippen LogP contribution in [0.15, 0.2) is 45.9 Å². The lowest BCUT2D eigenvalue weighted by atomic mass is 10.1. The zero-order valence-corrected chi connectivity index (χ0v) is 14.5. The summed E-state index contributed by atoms with van der Waals surface area (Å²) in [6.45, 7) is 0.222. The third kappa shape index (κ3) is 3.57. The van der Waals surface area contributed by atoms with E-state index in [0.29, 0.717) is 23.4 Å². The van der Waals surface area contributed by atoms with Crippen molar-refractivity contribution in [2.45, 2.75) is 11.3 Å². The molecule has 1 heterocycles. The lowest BCUT2D eigenvalue weighted by Gasteiger charge is -2.10. The number of nitrogens with one attached hydrogen (secondary N) is 1. The lowest BCUT2D eigenvalue weighted by Crippen LogP contribution is -2.26. The van der Waals surface area contributed by atoms with E-state index in [-0.39, 0.29) is 17.0 Å². The van der Waals surface area contributed by atoms with E-state index in [9.17, 15) is 8.42 Å². The highest BCUT2D eigenvalue weighted by Gasteiger charge is 2.19. The Morgan fingerprint density at radius 2 is 1.88 bits per heavy atom. The Labute approximate surface area is 144 Å². The topological polar surface area (TPSA) is 104 Å². The van der Waals surface area contributed by atoms with Gasteiger partial charge >= 0.3 is 0 Å². The molecule has 3 rings (SSSR count). The summed E-state index contributed by atoms with van der Waals surface area (Å²) in [5.74, 6) is 1.22. The van der Waals surface area contributed by atoms with Gasteiger partial charge in [0, 0.05) is 6.54 Å². The average molecular weight is 363 g/mol. The highest BCUT2D eigenvalue weighted by molar-refractivity contribution is 7.89. The van der Waals surface area contributed by atoms with Crippen LogP contribution in [0, 0.1) is 0 Å². The maximum Gasteiger partial charge on any atom is 0.242 e. The number of hydrogen-bond donors (Lipinski definition) is 1. The molecular weight excluding hydrogens is 346 g/mol. The molecule has 0 aliphatic heterocycles. The van der Waals surface area contributed by atoms with Gasteiger partial charge in [-0.05, 0) is 46.6 Å². The summed E-state index contributed by atoms with van der Waals surface area (Å²) < 4.78 is 42.6. The average Bonchev–Trinajstić information content (AvgIpc) is 3.09. The molecule has 2 aromatic carbocycles. The lowest BCUT2D eigenvalue weighted by molar-refractivity contribution is 0.315. The number of fused-ring (bicyclic) bond motifs is 1. The number of rotatable bonds is 7. The van der Waals surface area contributed by atoms with Crippen LogP contribution in [-0.2, 0) is 16.4 Å². The van der Waals surface area contributed by atoms with Crippen molar-refractivity contribution in [3.8, 4) is 11.5 Å². The molecule has 25 heavy (non-hydrogen) atoms. The van der Waals surface area contributed by atoms with Gasteiger partial charge in [-0.15, -0.1) is 0 Å². The zero-order chi connectivity index (χ0) is 17.9. The van der Waals surface area contributed by atoms with E-state index in [1.54, 1.807) is 32.4 Å². The molecule has 0 atom stereocenters. The van der Waals surface area contributed by atoms with Gasteiger partial charge in [-0.1, -0.05) is 12.1 Å². The summed E-state index contributed by atoms with van der Waals surface area (Å²) in [4.78, 5) is 0.0403. The second-order valence-electron chi connectivity index (χ2n) is 5.23. The van der Waals surface area contributed by atoms with E-state index >= 15 is 0 Å². The number of aromatic nitrogens is 2. The molecule has 0 bridgehead atoms.